The van der Waals surface area contributed by atoms with E-state index in [-0.39, 0.29) is 17.4 Å². The second kappa shape index (κ2) is 6.08. The smallest absolute Gasteiger partial charge is 0.226 e. The Balaban J connectivity index is 1.61. The van der Waals surface area contributed by atoms with Crippen LogP contribution in [0.4, 0.5) is 0 Å². The minimum atomic E-state index is -2.87. The van der Waals surface area contributed by atoms with Gasteiger partial charge < -0.3 is 9.26 Å². The maximum atomic E-state index is 11.5. The highest BCUT2D eigenvalue weighted by Crippen LogP contribution is 2.22. The molecule has 1 saturated heterocycles. The number of benzene rings is 1. The predicted molar refractivity (Wildman–Crippen MR) is 80.6 cm³/mol. The molecule has 2 heterocycles. The molecule has 1 aliphatic heterocycles. The second-order valence-corrected chi connectivity index (χ2v) is 7.83. The fourth-order valence-corrected chi connectivity index (χ4v) is 4.51. The van der Waals surface area contributed by atoms with Gasteiger partial charge in [-0.25, -0.2) is 8.42 Å². The Morgan fingerprint density at radius 2 is 2.09 bits per heavy atom. The fraction of sp³-hybridized carbons (Fsp3) is 0.467. The van der Waals surface area contributed by atoms with Crippen LogP contribution in [0.15, 0.2) is 28.8 Å². The molecule has 3 rings (SSSR count). The number of aromatic nitrogens is 2. The Hall–Kier alpha value is -1.89. The molecular formula is C15H18N2O4S. The molecule has 0 unspecified atom stereocenters. The van der Waals surface area contributed by atoms with E-state index in [1.54, 1.807) is 7.11 Å². The van der Waals surface area contributed by atoms with E-state index < -0.39 is 9.84 Å². The highest BCUT2D eigenvalue weighted by molar-refractivity contribution is 7.91. The third kappa shape index (κ3) is 3.65. The van der Waals surface area contributed by atoms with Gasteiger partial charge in [-0.3, -0.25) is 0 Å². The minimum absolute atomic E-state index is 0.0966. The van der Waals surface area contributed by atoms with Crippen molar-refractivity contribution in [3.05, 3.63) is 41.5 Å². The summed E-state index contributed by atoms with van der Waals surface area (Å²) in [6, 6.07) is 7.69. The third-order valence-electron chi connectivity index (χ3n) is 3.82. The van der Waals surface area contributed by atoms with Gasteiger partial charge in [-0.15, -0.1) is 0 Å². The first-order valence-electron chi connectivity index (χ1n) is 7.19. The van der Waals surface area contributed by atoms with Gasteiger partial charge in [-0.1, -0.05) is 17.3 Å². The van der Waals surface area contributed by atoms with E-state index in [0.717, 1.165) is 11.3 Å². The number of ether oxygens (including phenoxy) is 1. The van der Waals surface area contributed by atoms with Gasteiger partial charge >= 0.3 is 0 Å². The van der Waals surface area contributed by atoms with Crippen molar-refractivity contribution in [3.63, 3.8) is 0 Å². The van der Waals surface area contributed by atoms with Gasteiger partial charge in [0, 0.05) is 12.8 Å². The monoisotopic (exact) mass is 322 g/mol. The molecule has 0 aliphatic carbocycles. The number of sulfone groups is 1. The molecule has 1 aliphatic rings. The van der Waals surface area contributed by atoms with Crippen LogP contribution in [0, 0.1) is 5.92 Å². The first-order valence-corrected chi connectivity index (χ1v) is 9.01. The van der Waals surface area contributed by atoms with E-state index in [1.807, 2.05) is 24.3 Å². The predicted octanol–water partition coefficient (Wildman–Crippen LogP) is 1.65. The van der Waals surface area contributed by atoms with E-state index in [4.69, 9.17) is 9.26 Å². The average molecular weight is 322 g/mol. The molecular weight excluding hydrogens is 304 g/mol. The Bertz CT molecular complexity index is 737. The van der Waals surface area contributed by atoms with E-state index in [2.05, 4.69) is 10.1 Å². The van der Waals surface area contributed by atoms with Crippen LogP contribution in [0.25, 0.3) is 0 Å². The van der Waals surface area contributed by atoms with Crippen molar-refractivity contribution >= 4 is 9.84 Å². The molecule has 0 saturated carbocycles. The molecule has 0 N–H and O–H groups in total. The van der Waals surface area contributed by atoms with Crippen LogP contribution >= 0.6 is 0 Å². The summed E-state index contributed by atoms with van der Waals surface area (Å²) < 4.78 is 33.3. The van der Waals surface area contributed by atoms with Gasteiger partial charge in [0.25, 0.3) is 0 Å². The SMILES string of the molecule is COc1ccc(Cc2noc(C[C@H]3CCS(=O)(=O)C3)n2)cc1. The standard InChI is InChI=1S/C15H18N2O4S/c1-20-13-4-2-11(3-5-13)8-14-16-15(21-17-14)9-12-6-7-22(18,19)10-12/h2-5,12H,6-10H2,1H3/t12-/m1/s1. The summed E-state index contributed by atoms with van der Waals surface area (Å²) in [6.07, 6.45) is 1.80. The number of rotatable bonds is 5. The molecule has 1 fully saturated rings. The number of hydrogen-bond donors (Lipinski definition) is 0. The lowest BCUT2D eigenvalue weighted by Crippen LogP contribution is -2.07. The first kappa shape index (κ1) is 15.0. The molecule has 0 amide bonds. The van der Waals surface area contributed by atoms with E-state index >= 15 is 0 Å². The van der Waals surface area contributed by atoms with Crippen molar-refractivity contribution in [1.82, 2.24) is 10.1 Å². The van der Waals surface area contributed by atoms with Gasteiger partial charge in [-0.2, -0.15) is 4.98 Å². The lowest BCUT2D eigenvalue weighted by atomic mass is 10.1. The van der Waals surface area contributed by atoms with Gasteiger partial charge in [0.15, 0.2) is 15.7 Å². The van der Waals surface area contributed by atoms with E-state index in [0.29, 0.717) is 31.0 Å². The normalized spacial score (nSPS) is 20.1. The topological polar surface area (TPSA) is 82.3 Å². The number of methoxy groups -OCH3 is 1. The largest absolute Gasteiger partial charge is 0.497 e. The number of nitrogens with zero attached hydrogens (tertiary/aromatic N) is 2. The maximum absolute atomic E-state index is 11.5. The van der Waals surface area contributed by atoms with Crippen LogP contribution in [0.1, 0.15) is 23.7 Å². The van der Waals surface area contributed by atoms with Crippen molar-refractivity contribution < 1.29 is 17.7 Å². The average Bonchev–Trinajstić information content (AvgIpc) is 3.06. The molecule has 2 aromatic rings. The Labute approximate surface area is 129 Å². The maximum Gasteiger partial charge on any atom is 0.226 e. The van der Waals surface area contributed by atoms with Crippen molar-refractivity contribution in [2.75, 3.05) is 18.6 Å². The van der Waals surface area contributed by atoms with Crippen LogP contribution in [0.2, 0.25) is 0 Å². The highest BCUT2D eigenvalue weighted by atomic mass is 32.2. The molecule has 7 heteroatoms. The van der Waals surface area contributed by atoms with Crippen LogP contribution in [0.5, 0.6) is 5.75 Å². The summed E-state index contributed by atoms with van der Waals surface area (Å²) in [5.74, 6) is 2.53. The highest BCUT2D eigenvalue weighted by Gasteiger charge is 2.29. The summed E-state index contributed by atoms with van der Waals surface area (Å²) >= 11 is 0. The minimum Gasteiger partial charge on any atom is -0.497 e. The summed E-state index contributed by atoms with van der Waals surface area (Å²) in [6.45, 7) is 0. The van der Waals surface area contributed by atoms with Crippen molar-refractivity contribution in [2.45, 2.75) is 19.3 Å². The summed E-state index contributed by atoms with van der Waals surface area (Å²) in [7, 11) is -1.24. The summed E-state index contributed by atoms with van der Waals surface area (Å²) in [4.78, 5) is 4.36. The second-order valence-electron chi connectivity index (χ2n) is 5.60. The molecule has 0 bridgehead atoms. The third-order valence-corrected chi connectivity index (χ3v) is 5.66. The molecule has 1 aromatic carbocycles. The van der Waals surface area contributed by atoms with Crippen LogP contribution < -0.4 is 4.74 Å². The van der Waals surface area contributed by atoms with Crippen LogP contribution in [0.3, 0.4) is 0 Å². The lowest BCUT2D eigenvalue weighted by Gasteiger charge is -2.01. The molecule has 6 nitrogen and oxygen atoms in total. The lowest BCUT2D eigenvalue weighted by molar-refractivity contribution is 0.355. The van der Waals surface area contributed by atoms with Crippen molar-refractivity contribution in [2.24, 2.45) is 5.92 Å². The van der Waals surface area contributed by atoms with Crippen LogP contribution in [-0.4, -0.2) is 37.2 Å². The van der Waals surface area contributed by atoms with Gasteiger partial charge in [-0.05, 0) is 30.0 Å². The zero-order valence-electron chi connectivity index (χ0n) is 12.4. The first-order chi connectivity index (χ1) is 10.5. The molecule has 118 valence electrons. The van der Waals surface area contributed by atoms with Gasteiger partial charge in [0.1, 0.15) is 5.75 Å². The van der Waals surface area contributed by atoms with Crippen molar-refractivity contribution in [1.29, 1.82) is 0 Å². The molecule has 1 aromatic heterocycles. The Morgan fingerprint density at radius 1 is 1.32 bits per heavy atom. The molecule has 0 radical (unpaired) electrons. The Morgan fingerprint density at radius 3 is 2.73 bits per heavy atom. The zero-order chi connectivity index (χ0) is 15.6. The molecule has 0 spiro atoms. The Kier molecular flexibility index (Phi) is 4.15. The molecule has 1 atom stereocenters. The van der Waals surface area contributed by atoms with Gasteiger partial charge in [0.05, 0.1) is 18.6 Å². The molecule has 22 heavy (non-hydrogen) atoms. The van der Waals surface area contributed by atoms with E-state index in [1.165, 1.54) is 0 Å². The number of hydrogen-bond acceptors (Lipinski definition) is 6. The summed E-state index contributed by atoms with van der Waals surface area (Å²) in [5, 5.41) is 3.97. The van der Waals surface area contributed by atoms with Crippen molar-refractivity contribution in [3.8, 4) is 5.75 Å². The van der Waals surface area contributed by atoms with E-state index in [9.17, 15) is 8.42 Å². The fourth-order valence-electron chi connectivity index (χ4n) is 2.65. The summed E-state index contributed by atoms with van der Waals surface area (Å²) in [5.41, 5.74) is 1.07. The van der Waals surface area contributed by atoms with Crippen LogP contribution in [-0.2, 0) is 22.7 Å². The quantitative estimate of drug-likeness (QED) is 0.832. The van der Waals surface area contributed by atoms with Gasteiger partial charge in [0.2, 0.25) is 5.89 Å². The zero-order valence-corrected chi connectivity index (χ0v) is 13.2.